The maximum absolute atomic E-state index is 3.92. The maximum atomic E-state index is 3.92. The van der Waals surface area contributed by atoms with E-state index < -0.39 is 0 Å². The van der Waals surface area contributed by atoms with E-state index in [0.717, 1.165) is 12.2 Å². The number of aromatic amines is 1. The van der Waals surface area contributed by atoms with Gasteiger partial charge in [0.1, 0.15) is 0 Å². The number of H-pyrrole nitrogens is 1. The van der Waals surface area contributed by atoms with Gasteiger partial charge in [0.15, 0.2) is 0 Å². The Kier molecular flexibility index (Phi) is 3.09. The first kappa shape index (κ1) is 10.3. The standard InChI is InChI=1S/C10H19N3/c1-8(9-5-6-12-13-9)11-7-10(2,3)4/h5-6,8,11H,7H2,1-4H3,(H,12,13). The molecule has 1 aromatic heterocycles. The van der Waals surface area contributed by atoms with E-state index in [1.165, 1.54) is 0 Å². The Morgan fingerprint density at radius 1 is 1.54 bits per heavy atom. The average Bonchev–Trinajstić information content (AvgIpc) is 2.50. The first-order valence-corrected chi connectivity index (χ1v) is 4.72. The minimum atomic E-state index is 0.328. The Morgan fingerprint density at radius 2 is 2.23 bits per heavy atom. The summed E-state index contributed by atoms with van der Waals surface area (Å²) in [5, 5.41) is 10.3. The number of hydrogen-bond donors (Lipinski definition) is 2. The lowest BCUT2D eigenvalue weighted by Crippen LogP contribution is -2.29. The second-order valence-electron chi connectivity index (χ2n) is 4.68. The Labute approximate surface area is 79.9 Å². The summed E-state index contributed by atoms with van der Waals surface area (Å²) in [7, 11) is 0. The van der Waals surface area contributed by atoms with Crippen LogP contribution in [0.25, 0.3) is 0 Å². The Morgan fingerprint density at radius 3 is 2.69 bits per heavy atom. The van der Waals surface area contributed by atoms with E-state index in [1.807, 2.05) is 6.07 Å². The van der Waals surface area contributed by atoms with Crippen LogP contribution >= 0.6 is 0 Å². The summed E-state index contributed by atoms with van der Waals surface area (Å²) >= 11 is 0. The smallest absolute Gasteiger partial charge is 0.0518 e. The van der Waals surface area contributed by atoms with Crippen LogP contribution < -0.4 is 5.32 Å². The minimum Gasteiger partial charge on any atom is -0.308 e. The number of aromatic nitrogens is 2. The van der Waals surface area contributed by atoms with Gasteiger partial charge in [-0.25, -0.2) is 0 Å². The van der Waals surface area contributed by atoms with Gasteiger partial charge in [-0.05, 0) is 18.4 Å². The second kappa shape index (κ2) is 3.92. The van der Waals surface area contributed by atoms with Crippen molar-refractivity contribution in [1.82, 2.24) is 15.5 Å². The summed E-state index contributed by atoms with van der Waals surface area (Å²) in [6.07, 6.45) is 1.78. The Bertz CT molecular complexity index is 233. The van der Waals surface area contributed by atoms with Gasteiger partial charge in [0.2, 0.25) is 0 Å². The number of nitrogens with zero attached hydrogens (tertiary/aromatic N) is 1. The molecule has 0 aliphatic heterocycles. The summed E-state index contributed by atoms with van der Waals surface area (Å²) in [4.78, 5) is 0. The molecule has 74 valence electrons. The van der Waals surface area contributed by atoms with E-state index >= 15 is 0 Å². The fraction of sp³-hybridized carbons (Fsp3) is 0.700. The van der Waals surface area contributed by atoms with E-state index in [2.05, 4.69) is 43.2 Å². The normalized spacial score (nSPS) is 14.5. The molecule has 0 saturated heterocycles. The molecular formula is C10H19N3. The van der Waals surface area contributed by atoms with E-state index in [9.17, 15) is 0 Å². The van der Waals surface area contributed by atoms with Crippen molar-refractivity contribution in [2.45, 2.75) is 33.7 Å². The molecule has 2 N–H and O–H groups in total. The van der Waals surface area contributed by atoms with Crippen molar-refractivity contribution in [3.8, 4) is 0 Å². The van der Waals surface area contributed by atoms with Crippen molar-refractivity contribution in [3.05, 3.63) is 18.0 Å². The SMILES string of the molecule is CC(NCC(C)(C)C)c1ccn[nH]1. The van der Waals surface area contributed by atoms with Crippen LogP contribution in [0.15, 0.2) is 12.3 Å². The van der Waals surface area contributed by atoms with Crippen LogP contribution in [0.5, 0.6) is 0 Å². The van der Waals surface area contributed by atoms with Crippen molar-refractivity contribution in [3.63, 3.8) is 0 Å². The van der Waals surface area contributed by atoms with Crippen molar-refractivity contribution in [2.24, 2.45) is 5.41 Å². The molecule has 0 fully saturated rings. The zero-order valence-electron chi connectivity index (χ0n) is 8.89. The lowest BCUT2D eigenvalue weighted by molar-refractivity contribution is 0.357. The van der Waals surface area contributed by atoms with E-state index in [0.29, 0.717) is 11.5 Å². The van der Waals surface area contributed by atoms with E-state index in [4.69, 9.17) is 0 Å². The van der Waals surface area contributed by atoms with Gasteiger partial charge >= 0.3 is 0 Å². The third-order valence-electron chi connectivity index (χ3n) is 1.93. The van der Waals surface area contributed by atoms with Crippen LogP contribution in [0.3, 0.4) is 0 Å². The zero-order valence-corrected chi connectivity index (χ0v) is 8.89. The van der Waals surface area contributed by atoms with Gasteiger partial charge in [0.25, 0.3) is 0 Å². The molecule has 0 bridgehead atoms. The van der Waals surface area contributed by atoms with Crippen LogP contribution in [0.1, 0.15) is 39.4 Å². The third kappa shape index (κ3) is 3.59. The molecule has 3 nitrogen and oxygen atoms in total. The van der Waals surface area contributed by atoms with Crippen LogP contribution in [0.4, 0.5) is 0 Å². The minimum absolute atomic E-state index is 0.328. The van der Waals surface area contributed by atoms with Crippen molar-refractivity contribution >= 4 is 0 Å². The third-order valence-corrected chi connectivity index (χ3v) is 1.93. The monoisotopic (exact) mass is 181 g/mol. The molecule has 0 aromatic carbocycles. The highest BCUT2D eigenvalue weighted by Gasteiger charge is 2.12. The van der Waals surface area contributed by atoms with Crippen LogP contribution in [-0.2, 0) is 0 Å². The molecule has 1 atom stereocenters. The molecule has 1 aromatic rings. The number of rotatable bonds is 3. The maximum Gasteiger partial charge on any atom is 0.0518 e. The molecule has 0 radical (unpaired) electrons. The van der Waals surface area contributed by atoms with Gasteiger partial charge < -0.3 is 5.32 Å². The summed E-state index contributed by atoms with van der Waals surface area (Å²) in [6, 6.07) is 2.35. The first-order chi connectivity index (χ1) is 5.99. The van der Waals surface area contributed by atoms with Gasteiger partial charge in [-0.1, -0.05) is 20.8 Å². The Hall–Kier alpha value is -0.830. The van der Waals surface area contributed by atoms with Crippen LogP contribution in [0.2, 0.25) is 0 Å². The summed E-state index contributed by atoms with van der Waals surface area (Å²) < 4.78 is 0. The highest BCUT2D eigenvalue weighted by molar-refractivity contribution is 5.02. The molecule has 3 heteroatoms. The highest BCUT2D eigenvalue weighted by Crippen LogP contribution is 2.14. The molecular weight excluding hydrogens is 162 g/mol. The molecule has 0 saturated carbocycles. The molecule has 1 unspecified atom stereocenters. The van der Waals surface area contributed by atoms with Crippen LogP contribution in [0, 0.1) is 5.41 Å². The zero-order chi connectivity index (χ0) is 9.90. The predicted molar refractivity (Wildman–Crippen MR) is 54.5 cm³/mol. The molecule has 0 aliphatic carbocycles. The van der Waals surface area contributed by atoms with Gasteiger partial charge in [0, 0.05) is 18.8 Å². The van der Waals surface area contributed by atoms with Crippen molar-refractivity contribution < 1.29 is 0 Å². The largest absolute Gasteiger partial charge is 0.308 e. The van der Waals surface area contributed by atoms with Gasteiger partial charge in [-0.2, -0.15) is 5.10 Å². The lowest BCUT2D eigenvalue weighted by atomic mass is 9.96. The fourth-order valence-corrected chi connectivity index (χ4v) is 1.08. The summed E-state index contributed by atoms with van der Waals surface area (Å²) in [6.45, 7) is 9.81. The quantitative estimate of drug-likeness (QED) is 0.749. The van der Waals surface area contributed by atoms with Gasteiger partial charge in [0.05, 0.1) is 5.69 Å². The van der Waals surface area contributed by atoms with Gasteiger partial charge in [-0.3, -0.25) is 5.10 Å². The Balaban J connectivity index is 2.39. The van der Waals surface area contributed by atoms with E-state index in [-0.39, 0.29) is 0 Å². The van der Waals surface area contributed by atoms with E-state index in [1.54, 1.807) is 6.20 Å². The number of hydrogen-bond acceptors (Lipinski definition) is 2. The number of nitrogens with one attached hydrogen (secondary N) is 2. The molecule has 1 rings (SSSR count). The first-order valence-electron chi connectivity index (χ1n) is 4.72. The lowest BCUT2D eigenvalue weighted by Gasteiger charge is -2.21. The fourth-order valence-electron chi connectivity index (χ4n) is 1.08. The molecule has 0 amide bonds. The second-order valence-corrected chi connectivity index (χ2v) is 4.68. The van der Waals surface area contributed by atoms with Crippen molar-refractivity contribution in [2.75, 3.05) is 6.54 Å². The molecule has 13 heavy (non-hydrogen) atoms. The predicted octanol–water partition coefficient (Wildman–Crippen LogP) is 2.11. The summed E-state index contributed by atoms with van der Waals surface area (Å²) in [5.74, 6) is 0. The molecule has 0 spiro atoms. The van der Waals surface area contributed by atoms with Gasteiger partial charge in [-0.15, -0.1) is 0 Å². The summed E-state index contributed by atoms with van der Waals surface area (Å²) in [5.41, 5.74) is 1.47. The van der Waals surface area contributed by atoms with Crippen molar-refractivity contribution in [1.29, 1.82) is 0 Å². The molecule has 1 heterocycles. The van der Waals surface area contributed by atoms with Crippen LogP contribution in [-0.4, -0.2) is 16.7 Å². The highest BCUT2D eigenvalue weighted by atomic mass is 15.1. The molecule has 0 aliphatic rings. The average molecular weight is 181 g/mol. The topological polar surface area (TPSA) is 40.7 Å².